The molecule has 0 saturated heterocycles. The Morgan fingerprint density at radius 3 is 1.34 bits per heavy atom. The van der Waals surface area contributed by atoms with Gasteiger partial charge in [0.1, 0.15) is 23.3 Å². The van der Waals surface area contributed by atoms with E-state index in [-0.39, 0.29) is 49.6 Å². The summed E-state index contributed by atoms with van der Waals surface area (Å²) < 4.78 is 0. The number of nitrogens with one attached hydrogen (secondary N) is 6. The highest BCUT2D eigenvalue weighted by Gasteiger charge is 2.11. The van der Waals surface area contributed by atoms with Crippen LogP contribution in [0.3, 0.4) is 0 Å². The van der Waals surface area contributed by atoms with E-state index in [4.69, 9.17) is 20.8 Å². The fraction of sp³-hybridized carbons (Fsp3) is 0.312. The summed E-state index contributed by atoms with van der Waals surface area (Å²) in [5.74, 6) is 2.45. The predicted octanol–water partition coefficient (Wildman–Crippen LogP) is 8.67. The number of nitrogens with zero attached hydrogens (tertiary/aromatic N) is 2. The minimum Gasteiger partial charge on any atom is -0.370 e. The molecule has 5 aromatic rings. The number of halogens is 4. The van der Waals surface area contributed by atoms with Crippen molar-refractivity contribution in [2.24, 2.45) is 0 Å². The number of amidine groups is 2. The fourth-order valence-electron chi connectivity index (χ4n) is 4.76. The van der Waals surface area contributed by atoms with Crippen LogP contribution in [0.4, 0.5) is 0 Å². The standard InChI is InChI=1S/C32H38N8.4ClH/c1-3-5-7-17-35-29(33)23-13-15-25-27(19-23)39-31(37-25)21-9-11-22(12-10-21)32-38-26-16-14-24(20-28(26)40-32)30(34)36-18-8-6-4-2;;;;/h9-16,19-20H,3-8,17-18H2,1-2H3,(H2,33,35)(H2,34,36)(H,37,39)(H,38,40);4*1H. The Kier molecular flexibility index (Phi) is 16.3. The summed E-state index contributed by atoms with van der Waals surface area (Å²) in [5.41, 5.74) is 7.22. The van der Waals surface area contributed by atoms with E-state index in [1.54, 1.807) is 0 Å². The van der Waals surface area contributed by atoms with Gasteiger partial charge in [-0.05, 0) is 49.2 Å². The highest BCUT2D eigenvalue weighted by Crippen LogP contribution is 2.26. The lowest BCUT2D eigenvalue weighted by atomic mass is 10.1. The molecule has 238 valence electrons. The number of fused-ring (bicyclic) bond motifs is 2. The monoisotopic (exact) mass is 678 g/mol. The molecule has 3 aromatic carbocycles. The summed E-state index contributed by atoms with van der Waals surface area (Å²) in [6.07, 6.45) is 6.81. The van der Waals surface area contributed by atoms with Crippen molar-refractivity contribution in [1.82, 2.24) is 30.6 Å². The molecule has 0 unspecified atom stereocenters. The Balaban J connectivity index is 0.00000242. The molecular weight excluding hydrogens is 638 g/mol. The van der Waals surface area contributed by atoms with E-state index in [1.165, 1.54) is 25.7 Å². The Bertz CT molecular complexity index is 1510. The van der Waals surface area contributed by atoms with Crippen molar-refractivity contribution in [1.29, 1.82) is 10.8 Å². The first-order valence-corrected chi connectivity index (χ1v) is 14.3. The SMILES string of the molecule is CCCCCNC(=N)c1ccc2[nH]c(-c3ccc(-c4nc5cc(C(=N)NCCCCC)ccc5[nH]4)cc3)nc2c1.Cl.Cl.Cl.Cl. The second kappa shape index (κ2) is 18.5. The number of unbranched alkanes of at least 4 members (excludes halogenated alkanes) is 4. The maximum Gasteiger partial charge on any atom is 0.138 e. The number of rotatable bonds is 12. The normalized spacial score (nSPS) is 10.2. The third-order valence-electron chi connectivity index (χ3n) is 7.14. The fourth-order valence-corrected chi connectivity index (χ4v) is 4.76. The van der Waals surface area contributed by atoms with Crippen LogP contribution >= 0.6 is 49.6 Å². The third kappa shape index (κ3) is 9.35. The van der Waals surface area contributed by atoms with Crippen LogP contribution in [0, 0.1) is 10.8 Å². The summed E-state index contributed by atoms with van der Waals surface area (Å²) in [6, 6.07) is 20.0. The lowest BCUT2D eigenvalue weighted by molar-refractivity contribution is 0.695. The van der Waals surface area contributed by atoms with Crippen molar-refractivity contribution in [3.05, 3.63) is 71.8 Å². The van der Waals surface area contributed by atoms with Crippen molar-refractivity contribution >= 4 is 83.4 Å². The van der Waals surface area contributed by atoms with E-state index < -0.39 is 0 Å². The van der Waals surface area contributed by atoms with Crippen LogP contribution in [-0.2, 0) is 0 Å². The van der Waals surface area contributed by atoms with Crippen LogP contribution in [0.25, 0.3) is 44.8 Å². The van der Waals surface area contributed by atoms with Crippen LogP contribution in [0.5, 0.6) is 0 Å². The number of imidazole rings is 2. The van der Waals surface area contributed by atoms with Crippen LogP contribution < -0.4 is 10.6 Å². The first kappa shape index (κ1) is 38.7. The summed E-state index contributed by atoms with van der Waals surface area (Å²) in [7, 11) is 0. The molecule has 0 aliphatic rings. The molecule has 0 bridgehead atoms. The number of hydrogen-bond donors (Lipinski definition) is 6. The average molecular weight is 681 g/mol. The van der Waals surface area contributed by atoms with Crippen molar-refractivity contribution in [3.8, 4) is 22.8 Å². The molecule has 44 heavy (non-hydrogen) atoms. The van der Waals surface area contributed by atoms with Crippen LogP contribution in [0.2, 0.25) is 0 Å². The van der Waals surface area contributed by atoms with E-state index in [0.717, 1.165) is 81.9 Å². The minimum absolute atomic E-state index is 0. The van der Waals surface area contributed by atoms with Gasteiger partial charge in [-0.25, -0.2) is 9.97 Å². The zero-order chi connectivity index (χ0) is 27.9. The lowest BCUT2D eigenvalue weighted by Crippen LogP contribution is -2.24. The van der Waals surface area contributed by atoms with Crippen molar-refractivity contribution in [3.63, 3.8) is 0 Å². The summed E-state index contributed by atoms with van der Waals surface area (Å²) in [5, 5.41) is 23.1. The summed E-state index contributed by atoms with van der Waals surface area (Å²) in [4.78, 5) is 16.4. The summed E-state index contributed by atoms with van der Waals surface area (Å²) in [6.45, 7) is 5.99. The first-order chi connectivity index (χ1) is 19.6. The van der Waals surface area contributed by atoms with E-state index in [1.807, 2.05) is 60.7 Å². The number of hydrogen-bond acceptors (Lipinski definition) is 4. The zero-order valence-corrected chi connectivity index (χ0v) is 28.2. The molecule has 0 amide bonds. The van der Waals surface area contributed by atoms with Gasteiger partial charge in [0, 0.05) is 35.3 Å². The molecule has 5 rings (SSSR count). The largest absolute Gasteiger partial charge is 0.370 e. The van der Waals surface area contributed by atoms with Crippen LogP contribution in [-0.4, -0.2) is 44.7 Å². The van der Waals surface area contributed by atoms with Gasteiger partial charge in [-0.3, -0.25) is 10.8 Å². The van der Waals surface area contributed by atoms with Crippen molar-refractivity contribution < 1.29 is 0 Å². The Labute approximate surface area is 283 Å². The third-order valence-corrected chi connectivity index (χ3v) is 7.14. The number of aromatic nitrogens is 4. The minimum atomic E-state index is 0. The molecule has 0 aliphatic heterocycles. The van der Waals surface area contributed by atoms with Gasteiger partial charge in [0.2, 0.25) is 0 Å². The number of benzene rings is 3. The second-order valence-electron chi connectivity index (χ2n) is 10.2. The van der Waals surface area contributed by atoms with E-state index >= 15 is 0 Å². The lowest BCUT2D eigenvalue weighted by Gasteiger charge is -2.07. The van der Waals surface area contributed by atoms with Gasteiger partial charge in [-0.15, -0.1) is 49.6 Å². The molecule has 6 N–H and O–H groups in total. The van der Waals surface area contributed by atoms with Crippen LogP contribution in [0.1, 0.15) is 63.5 Å². The average Bonchev–Trinajstić information content (AvgIpc) is 3.61. The molecule has 0 radical (unpaired) electrons. The first-order valence-electron chi connectivity index (χ1n) is 14.3. The quantitative estimate of drug-likeness (QED) is 0.0448. The maximum atomic E-state index is 8.36. The van der Waals surface area contributed by atoms with Gasteiger partial charge in [0.05, 0.1) is 22.1 Å². The molecule has 12 heteroatoms. The molecule has 0 saturated carbocycles. The van der Waals surface area contributed by atoms with Crippen molar-refractivity contribution in [2.75, 3.05) is 13.1 Å². The van der Waals surface area contributed by atoms with Gasteiger partial charge in [-0.1, -0.05) is 63.8 Å². The maximum absolute atomic E-state index is 8.36. The summed E-state index contributed by atoms with van der Waals surface area (Å²) >= 11 is 0. The Morgan fingerprint density at radius 1 is 0.591 bits per heavy atom. The van der Waals surface area contributed by atoms with Gasteiger partial charge < -0.3 is 20.6 Å². The van der Waals surface area contributed by atoms with E-state index in [2.05, 4.69) is 34.4 Å². The Morgan fingerprint density at radius 2 is 0.977 bits per heavy atom. The zero-order valence-electron chi connectivity index (χ0n) is 25.0. The molecule has 2 heterocycles. The topological polar surface area (TPSA) is 129 Å². The molecular formula is C32H42Cl4N8. The molecule has 8 nitrogen and oxygen atoms in total. The second-order valence-corrected chi connectivity index (χ2v) is 10.2. The molecule has 0 atom stereocenters. The smallest absolute Gasteiger partial charge is 0.138 e. The molecule has 0 spiro atoms. The molecule has 0 fully saturated rings. The molecule has 0 aliphatic carbocycles. The van der Waals surface area contributed by atoms with Gasteiger partial charge in [-0.2, -0.15) is 0 Å². The van der Waals surface area contributed by atoms with Gasteiger partial charge in [0.15, 0.2) is 0 Å². The van der Waals surface area contributed by atoms with E-state index in [0.29, 0.717) is 11.7 Å². The number of H-pyrrole nitrogens is 2. The molecule has 2 aromatic heterocycles. The van der Waals surface area contributed by atoms with Crippen LogP contribution in [0.15, 0.2) is 60.7 Å². The van der Waals surface area contributed by atoms with E-state index in [9.17, 15) is 0 Å². The number of aromatic amines is 2. The van der Waals surface area contributed by atoms with Gasteiger partial charge in [0.25, 0.3) is 0 Å². The van der Waals surface area contributed by atoms with Crippen molar-refractivity contribution in [2.45, 2.75) is 52.4 Å². The van der Waals surface area contributed by atoms with Gasteiger partial charge >= 0.3 is 0 Å². The predicted molar refractivity (Wildman–Crippen MR) is 194 cm³/mol. The highest BCUT2D eigenvalue weighted by atomic mass is 35.5. The Hall–Kier alpha value is -3.30. The highest BCUT2D eigenvalue weighted by molar-refractivity contribution is 6.00.